The SMILES string of the molecule is COc1c(NN)ncnc1Oc1ccc(C)nc1. The van der Waals surface area contributed by atoms with E-state index in [1.165, 1.54) is 13.4 Å². The lowest BCUT2D eigenvalue weighted by atomic mass is 10.4. The van der Waals surface area contributed by atoms with Crippen LogP contribution in [-0.2, 0) is 0 Å². The molecule has 2 rings (SSSR count). The lowest BCUT2D eigenvalue weighted by Gasteiger charge is -2.11. The Morgan fingerprint density at radius 3 is 2.67 bits per heavy atom. The lowest BCUT2D eigenvalue weighted by molar-refractivity contribution is 0.368. The molecule has 0 unspecified atom stereocenters. The number of hydrogen-bond donors (Lipinski definition) is 2. The van der Waals surface area contributed by atoms with E-state index in [0.717, 1.165) is 5.69 Å². The number of aromatic nitrogens is 3. The number of nitrogens with one attached hydrogen (secondary N) is 1. The summed E-state index contributed by atoms with van der Waals surface area (Å²) in [5, 5.41) is 0. The predicted octanol–water partition coefficient (Wildman–Crippen LogP) is 1.27. The first-order valence-corrected chi connectivity index (χ1v) is 5.20. The minimum Gasteiger partial charge on any atom is -0.489 e. The van der Waals surface area contributed by atoms with Crippen molar-refractivity contribution in [3.05, 3.63) is 30.4 Å². The average Bonchev–Trinajstić information content (AvgIpc) is 2.41. The summed E-state index contributed by atoms with van der Waals surface area (Å²) in [5.41, 5.74) is 3.31. The molecule has 0 saturated carbocycles. The van der Waals surface area contributed by atoms with E-state index >= 15 is 0 Å². The van der Waals surface area contributed by atoms with Crippen molar-refractivity contribution >= 4 is 5.82 Å². The Morgan fingerprint density at radius 1 is 1.22 bits per heavy atom. The van der Waals surface area contributed by atoms with Crippen LogP contribution in [0.1, 0.15) is 5.69 Å². The minimum absolute atomic E-state index is 0.270. The Morgan fingerprint density at radius 2 is 2.06 bits per heavy atom. The van der Waals surface area contributed by atoms with Crippen molar-refractivity contribution in [2.24, 2.45) is 5.84 Å². The van der Waals surface area contributed by atoms with Crippen LogP contribution < -0.4 is 20.7 Å². The van der Waals surface area contributed by atoms with Crippen molar-refractivity contribution in [2.45, 2.75) is 6.92 Å². The number of hydrazine groups is 1. The third kappa shape index (κ3) is 2.46. The largest absolute Gasteiger partial charge is 0.489 e. The number of nitrogen functional groups attached to an aromatic ring is 1. The van der Waals surface area contributed by atoms with Gasteiger partial charge in [0, 0.05) is 5.69 Å². The van der Waals surface area contributed by atoms with Gasteiger partial charge in [0.15, 0.2) is 5.82 Å². The molecule has 3 N–H and O–H groups in total. The molecule has 0 atom stereocenters. The zero-order valence-corrected chi connectivity index (χ0v) is 10.0. The second kappa shape index (κ2) is 5.28. The first-order valence-electron chi connectivity index (χ1n) is 5.20. The number of hydrogen-bond acceptors (Lipinski definition) is 7. The molecule has 7 heteroatoms. The van der Waals surface area contributed by atoms with Gasteiger partial charge in [-0.2, -0.15) is 4.98 Å². The molecule has 0 aliphatic rings. The molecule has 2 heterocycles. The van der Waals surface area contributed by atoms with Gasteiger partial charge in [0.25, 0.3) is 5.88 Å². The van der Waals surface area contributed by atoms with Crippen molar-refractivity contribution in [2.75, 3.05) is 12.5 Å². The molecule has 0 amide bonds. The normalized spacial score (nSPS) is 9.94. The van der Waals surface area contributed by atoms with Crippen molar-refractivity contribution in [3.63, 3.8) is 0 Å². The van der Waals surface area contributed by atoms with Crippen LogP contribution in [0, 0.1) is 6.92 Å². The highest BCUT2D eigenvalue weighted by molar-refractivity contribution is 5.54. The first-order chi connectivity index (χ1) is 8.74. The molecular weight excluding hydrogens is 234 g/mol. The third-order valence-electron chi connectivity index (χ3n) is 2.21. The molecule has 0 spiro atoms. The first kappa shape index (κ1) is 12.1. The molecule has 2 aromatic rings. The summed E-state index contributed by atoms with van der Waals surface area (Å²) >= 11 is 0. The fourth-order valence-corrected chi connectivity index (χ4v) is 1.34. The fraction of sp³-hybridized carbons (Fsp3) is 0.182. The summed E-state index contributed by atoms with van der Waals surface area (Å²) in [6.07, 6.45) is 2.93. The van der Waals surface area contributed by atoms with Crippen LogP contribution in [0.2, 0.25) is 0 Å². The smallest absolute Gasteiger partial charge is 0.268 e. The maximum atomic E-state index is 5.56. The Kier molecular flexibility index (Phi) is 3.54. The van der Waals surface area contributed by atoms with Gasteiger partial charge in [-0.1, -0.05) is 0 Å². The van der Waals surface area contributed by atoms with Gasteiger partial charge >= 0.3 is 0 Å². The number of nitrogens with zero attached hydrogens (tertiary/aromatic N) is 3. The van der Waals surface area contributed by atoms with Gasteiger partial charge in [0.1, 0.15) is 12.1 Å². The predicted molar refractivity (Wildman–Crippen MR) is 65.4 cm³/mol. The van der Waals surface area contributed by atoms with Crippen molar-refractivity contribution in [1.82, 2.24) is 15.0 Å². The molecule has 0 radical (unpaired) electrons. The molecule has 0 bridgehead atoms. The average molecular weight is 247 g/mol. The highest BCUT2D eigenvalue weighted by atomic mass is 16.5. The van der Waals surface area contributed by atoms with Crippen molar-refractivity contribution < 1.29 is 9.47 Å². The van der Waals surface area contributed by atoms with Crippen LogP contribution in [0.4, 0.5) is 5.82 Å². The molecule has 0 aliphatic carbocycles. The van der Waals surface area contributed by atoms with Crippen LogP contribution in [0.3, 0.4) is 0 Å². The number of methoxy groups -OCH3 is 1. The number of ether oxygens (including phenoxy) is 2. The van der Waals surface area contributed by atoms with E-state index in [-0.39, 0.29) is 5.88 Å². The van der Waals surface area contributed by atoms with Crippen LogP contribution in [-0.4, -0.2) is 22.1 Å². The van der Waals surface area contributed by atoms with Crippen LogP contribution in [0.15, 0.2) is 24.7 Å². The topological polar surface area (TPSA) is 95.2 Å². The number of rotatable bonds is 4. The number of anilines is 1. The standard InChI is InChI=1S/C11H13N5O2/c1-7-3-4-8(5-13-7)18-11-9(17-2)10(16-12)14-6-15-11/h3-6H,12H2,1-2H3,(H,14,15,16). The van der Waals surface area contributed by atoms with Crippen LogP contribution in [0.25, 0.3) is 0 Å². The lowest BCUT2D eigenvalue weighted by Crippen LogP contribution is -2.11. The molecule has 2 aromatic heterocycles. The van der Waals surface area contributed by atoms with Crippen LogP contribution in [0.5, 0.6) is 17.4 Å². The summed E-state index contributed by atoms with van der Waals surface area (Å²) < 4.78 is 10.7. The van der Waals surface area contributed by atoms with Gasteiger partial charge in [-0.15, -0.1) is 0 Å². The Balaban J connectivity index is 2.31. The molecule has 0 aliphatic heterocycles. The quantitative estimate of drug-likeness (QED) is 0.620. The van der Waals surface area contributed by atoms with E-state index < -0.39 is 0 Å². The van der Waals surface area contributed by atoms with E-state index in [4.69, 9.17) is 15.3 Å². The molecule has 18 heavy (non-hydrogen) atoms. The van der Waals surface area contributed by atoms with E-state index in [2.05, 4.69) is 20.4 Å². The van der Waals surface area contributed by atoms with Crippen molar-refractivity contribution in [1.29, 1.82) is 0 Å². The fourth-order valence-electron chi connectivity index (χ4n) is 1.34. The summed E-state index contributed by atoms with van der Waals surface area (Å²) in [6, 6.07) is 3.63. The Bertz CT molecular complexity index is 529. The van der Waals surface area contributed by atoms with Gasteiger partial charge in [-0.25, -0.2) is 10.8 Å². The zero-order chi connectivity index (χ0) is 13.0. The zero-order valence-electron chi connectivity index (χ0n) is 10.0. The molecule has 0 saturated heterocycles. The maximum absolute atomic E-state index is 5.56. The van der Waals surface area contributed by atoms with E-state index in [9.17, 15) is 0 Å². The van der Waals surface area contributed by atoms with Gasteiger partial charge in [0.05, 0.1) is 13.3 Å². The van der Waals surface area contributed by atoms with Crippen molar-refractivity contribution in [3.8, 4) is 17.4 Å². The Hall–Kier alpha value is -2.41. The minimum atomic E-state index is 0.270. The maximum Gasteiger partial charge on any atom is 0.268 e. The molecular formula is C11H13N5O2. The van der Waals surface area contributed by atoms with Crippen LogP contribution >= 0.6 is 0 Å². The third-order valence-corrected chi connectivity index (χ3v) is 2.21. The van der Waals surface area contributed by atoms with E-state index in [1.807, 2.05) is 13.0 Å². The van der Waals surface area contributed by atoms with Gasteiger partial charge in [-0.05, 0) is 19.1 Å². The number of pyridine rings is 1. The molecule has 0 fully saturated rings. The number of aryl methyl sites for hydroxylation is 1. The Labute approximate surface area is 104 Å². The van der Waals surface area contributed by atoms with E-state index in [1.54, 1.807) is 12.3 Å². The van der Waals surface area contributed by atoms with E-state index in [0.29, 0.717) is 17.3 Å². The molecule has 0 aromatic carbocycles. The molecule has 7 nitrogen and oxygen atoms in total. The van der Waals surface area contributed by atoms with Gasteiger partial charge < -0.3 is 14.9 Å². The summed E-state index contributed by atoms with van der Waals surface area (Å²) in [4.78, 5) is 12.0. The summed E-state index contributed by atoms with van der Waals surface area (Å²) in [6.45, 7) is 1.89. The number of nitrogens with two attached hydrogens (primary N) is 1. The summed E-state index contributed by atoms with van der Waals surface area (Å²) in [7, 11) is 1.49. The van der Waals surface area contributed by atoms with Gasteiger partial charge in [0.2, 0.25) is 5.75 Å². The second-order valence-corrected chi connectivity index (χ2v) is 3.44. The second-order valence-electron chi connectivity index (χ2n) is 3.44. The van der Waals surface area contributed by atoms with Gasteiger partial charge in [-0.3, -0.25) is 4.98 Å². The summed E-state index contributed by atoms with van der Waals surface area (Å²) in [5.74, 6) is 6.83. The monoisotopic (exact) mass is 247 g/mol. The molecule has 94 valence electrons. The highest BCUT2D eigenvalue weighted by Crippen LogP contribution is 2.33. The highest BCUT2D eigenvalue weighted by Gasteiger charge is 2.13.